The molecule has 1 saturated heterocycles. The number of anilines is 1. The van der Waals surface area contributed by atoms with Crippen molar-refractivity contribution in [3.63, 3.8) is 0 Å². The SMILES string of the molecule is COC(=O)c1ccc(NC(=O)CCN2CCC[C@@H]3CCCC[C@]2(C)C3)cn1. The normalized spacial score (nSPS) is 25.9. The molecule has 27 heavy (non-hydrogen) atoms. The molecule has 0 radical (unpaired) electrons. The quantitative estimate of drug-likeness (QED) is 0.798. The van der Waals surface area contributed by atoms with E-state index in [1.807, 2.05) is 0 Å². The summed E-state index contributed by atoms with van der Waals surface area (Å²) < 4.78 is 4.63. The average Bonchev–Trinajstić information content (AvgIpc) is 2.95. The van der Waals surface area contributed by atoms with Crippen molar-refractivity contribution in [2.45, 2.75) is 63.8 Å². The Bertz CT molecular complexity index is 661. The molecule has 6 heteroatoms. The molecule has 3 rings (SSSR count). The highest BCUT2D eigenvalue weighted by atomic mass is 16.5. The number of hydrogen-bond donors (Lipinski definition) is 1. The van der Waals surface area contributed by atoms with Gasteiger partial charge in [-0.05, 0) is 57.2 Å². The fourth-order valence-corrected chi connectivity index (χ4v) is 4.67. The highest BCUT2D eigenvalue weighted by Crippen LogP contribution is 2.39. The smallest absolute Gasteiger partial charge is 0.356 e. The number of amides is 1. The molecule has 2 heterocycles. The number of ether oxygens (including phenoxy) is 1. The Kier molecular flexibility index (Phi) is 6.47. The van der Waals surface area contributed by atoms with Crippen LogP contribution >= 0.6 is 0 Å². The number of likely N-dealkylation sites (tertiary alicyclic amines) is 1. The van der Waals surface area contributed by atoms with Crippen LogP contribution in [0.1, 0.15) is 68.8 Å². The maximum atomic E-state index is 12.4. The number of aromatic nitrogens is 1. The Morgan fingerprint density at radius 2 is 2.11 bits per heavy atom. The summed E-state index contributed by atoms with van der Waals surface area (Å²) in [5.41, 5.74) is 1.07. The van der Waals surface area contributed by atoms with Gasteiger partial charge in [0, 0.05) is 18.5 Å². The molecule has 6 nitrogen and oxygen atoms in total. The second kappa shape index (κ2) is 8.83. The summed E-state index contributed by atoms with van der Waals surface area (Å²) in [6.07, 6.45) is 11.1. The Morgan fingerprint density at radius 3 is 2.85 bits per heavy atom. The van der Waals surface area contributed by atoms with Crippen LogP contribution in [0, 0.1) is 5.92 Å². The number of carbonyl (C=O) groups excluding carboxylic acids is 2. The molecule has 2 bridgehead atoms. The molecule has 2 atom stereocenters. The van der Waals surface area contributed by atoms with Gasteiger partial charge in [-0.1, -0.05) is 19.3 Å². The highest BCUT2D eigenvalue weighted by Gasteiger charge is 2.37. The molecule has 1 aliphatic carbocycles. The van der Waals surface area contributed by atoms with Gasteiger partial charge in [0.25, 0.3) is 0 Å². The summed E-state index contributed by atoms with van der Waals surface area (Å²) in [7, 11) is 1.32. The van der Waals surface area contributed by atoms with Crippen LogP contribution in [-0.2, 0) is 9.53 Å². The van der Waals surface area contributed by atoms with Crippen molar-refractivity contribution < 1.29 is 14.3 Å². The van der Waals surface area contributed by atoms with Crippen LogP contribution in [0.2, 0.25) is 0 Å². The van der Waals surface area contributed by atoms with E-state index in [0.29, 0.717) is 12.1 Å². The zero-order valence-corrected chi connectivity index (χ0v) is 16.5. The molecule has 1 aromatic heterocycles. The van der Waals surface area contributed by atoms with Crippen LogP contribution in [-0.4, -0.2) is 47.5 Å². The molecule has 2 fully saturated rings. The van der Waals surface area contributed by atoms with E-state index in [9.17, 15) is 9.59 Å². The number of esters is 1. The van der Waals surface area contributed by atoms with Gasteiger partial charge in [-0.15, -0.1) is 0 Å². The summed E-state index contributed by atoms with van der Waals surface area (Å²) in [6.45, 7) is 4.28. The summed E-state index contributed by atoms with van der Waals surface area (Å²) in [5.74, 6) is 0.361. The summed E-state index contributed by atoms with van der Waals surface area (Å²) in [4.78, 5) is 30.4. The van der Waals surface area contributed by atoms with Gasteiger partial charge in [0.15, 0.2) is 0 Å². The number of pyridine rings is 1. The van der Waals surface area contributed by atoms with E-state index in [1.54, 1.807) is 12.1 Å². The van der Waals surface area contributed by atoms with E-state index >= 15 is 0 Å². The van der Waals surface area contributed by atoms with Crippen LogP contribution in [0.15, 0.2) is 18.3 Å². The number of fused-ring (bicyclic) bond motifs is 2. The summed E-state index contributed by atoms with van der Waals surface area (Å²) >= 11 is 0. The Hall–Kier alpha value is -1.95. The zero-order valence-electron chi connectivity index (χ0n) is 16.5. The molecule has 148 valence electrons. The monoisotopic (exact) mass is 373 g/mol. The number of nitrogens with one attached hydrogen (secondary N) is 1. The van der Waals surface area contributed by atoms with E-state index in [0.717, 1.165) is 19.0 Å². The maximum Gasteiger partial charge on any atom is 0.356 e. The maximum absolute atomic E-state index is 12.4. The van der Waals surface area contributed by atoms with Crippen LogP contribution < -0.4 is 5.32 Å². The lowest BCUT2D eigenvalue weighted by Crippen LogP contribution is -2.47. The number of methoxy groups -OCH3 is 1. The highest BCUT2D eigenvalue weighted by molar-refractivity contribution is 5.91. The molecule has 0 unspecified atom stereocenters. The Balaban J connectivity index is 1.54. The zero-order chi connectivity index (χ0) is 19.3. The molecule has 0 aromatic carbocycles. The first-order valence-electron chi connectivity index (χ1n) is 10.1. The fourth-order valence-electron chi connectivity index (χ4n) is 4.67. The van der Waals surface area contributed by atoms with E-state index < -0.39 is 5.97 Å². The third-order valence-electron chi connectivity index (χ3n) is 6.16. The number of hydrogen-bond acceptors (Lipinski definition) is 5. The fraction of sp³-hybridized carbons (Fsp3) is 0.667. The summed E-state index contributed by atoms with van der Waals surface area (Å²) in [5, 5.41) is 2.88. The second-order valence-electron chi connectivity index (χ2n) is 8.16. The Morgan fingerprint density at radius 1 is 1.30 bits per heavy atom. The number of carbonyl (C=O) groups is 2. The van der Waals surface area contributed by atoms with E-state index in [1.165, 1.54) is 58.3 Å². The minimum atomic E-state index is -0.482. The number of nitrogens with zero attached hydrogens (tertiary/aromatic N) is 2. The third kappa shape index (κ3) is 5.06. The van der Waals surface area contributed by atoms with Crippen molar-refractivity contribution in [3.8, 4) is 0 Å². The van der Waals surface area contributed by atoms with Gasteiger partial charge in [-0.3, -0.25) is 9.69 Å². The van der Waals surface area contributed by atoms with Gasteiger partial charge in [0.1, 0.15) is 5.69 Å². The van der Waals surface area contributed by atoms with E-state index in [4.69, 9.17) is 0 Å². The van der Waals surface area contributed by atoms with Gasteiger partial charge in [-0.2, -0.15) is 0 Å². The standard InChI is InChI=1S/C21H31N3O3/c1-21-11-4-3-6-16(14-21)7-5-12-24(21)13-10-19(25)23-17-8-9-18(22-15-17)20(26)27-2/h8-9,15-16H,3-7,10-14H2,1-2H3,(H,23,25)/t16-,21+/m0/s1. The van der Waals surface area contributed by atoms with Crippen molar-refractivity contribution in [3.05, 3.63) is 24.0 Å². The molecular weight excluding hydrogens is 342 g/mol. The third-order valence-corrected chi connectivity index (χ3v) is 6.16. The van der Waals surface area contributed by atoms with Crippen LogP contribution in [0.3, 0.4) is 0 Å². The minimum absolute atomic E-state index is 0.0133. The van der Waals surface area contributed by atoms with Crippen LogP contribution in [0.5, 0.6) is 0 Å². The van der Waals surface area contributed by atoms with Crippen LogP contribution in [0.4, 0.5) is 5.69 Å². The average molecular weight is 373 g/mol. The van der Waals surface area contributed by atoms with Crippen molar-refractivity contribution in [1.29, 1.82) is 0 Å². The van der Waals surface area contributed by atoms with E-state index in [2.05, 4.69) is 26.9 Å². The Labute approximate surface area is 161 Å². The van der Waals surface area contributed by atoms with Crippen molar-refractivity contribution in [1.82, 2.24) is 9.88 Å². The molecular formula is C21H31N3O3. The minimum Gasteiger partial charge on any atom is -0.464 e. The molecule has 1 N–H and O–H groups in total. The molecule has 1 amide bonds. The van der Waals surface area contributed by atoms with Crippen molar-refractivity contribution in [2.75, 3.05) is 25.5 Å². The van der Waals surface area contributed by atoms with Gasteiger partial charge in [-0.25, -0.2) is 9.78 Å². The van der Waals surface area contributed by atoms with Crippen molar-refractivity contribution >= 4 is 17.6 Å². The largest absolute Gasteiger partial charge is 0.464 e. The van der Waals surface area contributed by atoms with Gasteiger partial charge >= 0.3 is 5.97 Å². The van der Waals surface area contributed by atoms with Gasteiger partial charge in [0.2, 0.25) is 5.91 Å². The molecule has 2 aliphatic rings. The lowest BCUT2D eigenvalue weighted by atomic mass is 9.86. The van der Waals surface area contributed by atoms with Gasteiger partial charge in [0.05, 0.1) is 19.0 Å². The lowest BCUT2D eigenvalue weighted by Gasteiger charge is -2.40. The number of rotatable bonds is 5. The molecule has 1 aromatic rings. The second-order valence-corrected chi connectivity index (χ2v) is 8.16. The van der Waals surface area contributed by atoms with Crippen LogP contribution in [0.25, 0.3) is 0 Å². The molecule has 1 saturated carbocycles. The van der Waals surface area contributed by atoms with Gasteiger partial charge < -0.3 is 10.1 Å². The first-order chi connectivity index (χ1) is 13.0. The summed E-state index contributed by atoms with van der Waals surface area (Å²) in [6, 6.07) is 3.24. The van der Waals surface area contributed by atoms with E-state index in [-0.39, 0.29) is 17.1 Å². The molecule has 1 aliphatic heterocycles. The predicted octanol–water partition coefficient (Wildman–Crippen LogP) is 3.63. The first-order valence-corrected chi connectivity index (χ1v) is 10.1. The van der Waals surface area contributed by atoms with Crippen molar-refractivity contribution in [2.24, 2.45) is 5.92 Å². The molecule has 0 spiro atoms. The predicted molar refractivity (Wildman–Crippen MR) is 105 cm³/mol. The topological polar surface area (TPSA) is 71.5 Å². The lowest BCUT2D eigenvalue weighted by molar-refractivity contribution is -0.116. The first kappa shape index (κ1) is 19.8.